The molecule has 1 amide bonds. The number of hydrogen-bond acceptors (Lipinski definition) is 4. The molecule has 5 nitrogen and oxygen atoms in total. The van der Waals surface area contributed by atoms with Crippen LogP contribution in [0.5, 0.6) is 0 Å². The summed E-state index contributed by atoms with van der Waals surface area (Å²) >= 11 is 2.02. The van der Waals surface area contributed by atoms with Gasteiger partial charge in [-0.2, -0.15) is 16.9 Å². The van der Waals surface area contributed by atoms with Crippen molar-refractivity contribution < 1.29 is 4.79 Å². The van der Waals surface area contributed by atoms with Crippen LogP contribution in [0.15, 0.2) is 30.3 Å². The summed E-state index contributed by atoms with van der Waals surface area (Å²) in [5, 5.41) is 9.60. The van der Waals surface area contributed by atoms with Crippen LogP contribution in [0.2, 0.25) is 0 Å². The van der Waals surface area contributed by atoms with Crippen LogP contribution < -0.4 is 5.32 Å². The van der Waals surface area contributed by atoms with Crippen LogP contribution in [0.25, 0.3) is 0 Å². The Labute approximate surface area is 134 Å². The van der Waals surface area contributed by atoms with Crippen molar-refractivity contribution in [2.45, 2.75) is 13.5 Å². The first-order valence-corrected chi connectivity index (χ1v) is 8.58. The fourth-order valence-corrected chi connectivity index (χ4v) is 3.43. The fourth-order valence-electron chi connectivity index (χ4n) is 2.45. The van der Waals surface area contributed by atoms with Gasteiger partial charge in [0.05, 0.1) is 0 Å². The van der Waals surface area contributed by atoms with Gasteiger partial charge in [0.25, 0.3) is 5.91 Å². The van der Waals surface area contributed by atoms with Crippen molar-refractivity contribution in [3.05, 3.63) is 47.2 Å². The molecule has 1 aromatic carbocycles. The molecular formula is C16H20N4OS. The number of carbonyl (C=O) groups excluding carboxylic acids is 1. The third-order valence-electron chi connectivity index (χ3n) is 3.67. The van der Waals surface area contributed by atoms with Gasteiger partial charge in [-0.3, -0.25) is 14.8 Å². The highest BCUT2D eigenvalue weighted by Gasteiger charge is 2.12. The van der Waals surface area contributed by atoms with Gasteiger partial charge in [-0.05, 0) is 24.6 Å². The van der Waals surface area contributed by atoms with Crippen LogP contribution in [0.1, 0.15) is 21.6 Å². The van der Waals surface area contributed by atoms with E-state index >= 15 is 0 Å². The Kier molecular flexibility index (Phi) is 4.80. The summed E-state index contributed by atoms with van der Waals surface area (Å²) in [6.45, 7) is 5.15. The monoisotopic (exact) mass is 316 g/mol. The summed E-state index contributed by atoms with van der Waals surface area (Å²) in [6.07, 6.45) is 0. The topological polar surface area (TPSA) is 61.0 Å². The number of nitrogens with one attached hydrogen (secondary N) is 2. The Hall–Kier alpha value is -1.79. The number of rotatable bonds is 4. The summed E-state index contributed by atoms with van der Waals surface area (Å²) in [5.41, 5.74) is 2.82. The van der Waals surface area contributed by atoms with Crippen LogP contribution >= 0.6 is 11.8 Å². The number of aryl methyl sites for hydroxylation is 1. The highest BCUT2D eigenvalue weighted by atomic mass is 32.2. The van der Waals surface area contributed by atoms with Crippen LogP contribution in [-0.4, -0.2) is 45.6 Å². The first kappa shape index (κ1) is 15.1. The number of hydrogen-bond donors (Lipinski definition) is 2. The van der Waals surface area contributed by atoms with E-state index in [1.807, 2.05) is 43.0 Å². The van der Waals surface area contributed by atoms with Crippen LogP contribution in [0, 0.1) is 6.92 Å². The number of aromatic amines is 1. The average molecular weight is 316 g/mol. The Bertz CT molecular complexity index is 632. The number of aromatic nitrogens is 2. The highest BCUT2D eigenvalue weighted by molar-refractivity contribution is 7.99. The zero-order chi connectivity index (χ0) is 15.4. The third kappa shape index (κ3) is 3.90. The van der Waals surface area contributed by atoms with E-state index in [0.717, 1.165) is 25.3 Å². The smallest absolute Gasteiger partial charge is 0.256 e. The van der Waals surface area contributed by atoms with Crippen molar-refractivity contribution in [2.75, 3.05) is 29.9 Å². The summed E-state index contributed by atoms with van der Waals surface area (Å²) in [6, 6.07) is 9.63. The van der Waals surface area contributed by atoms with E-state index in [-0.39, 0.29) is 5.91 Å². The summed E-state index contributed by atoms with van der Waals surface area (Å²) in [7, 11) is 0. The van der Waals surface area contributed by atoms with Gasteiger partial charge in [0.2, 0.25) is 0 Å². The number of nitrogens with zero attached hydrogens (tertiary/aromatic N) is 2. The Balaban J connectivity index is 1.59. The molecule has 1 aromatic heterocycles. The lowest BCUT2D eigenvalue weighted by atomic mass is 10.1. The second kappa shape index (κ2) is 6.98. The molecule has 2 aromatic rings. The van der Waals surface area contributed by atoms with Gasteiger partial charge < -0.3 is 5.32 Å². The van der Waals surface area contributed by atoms with Crippen LogP contribution in [0.3, 0.4) is 0 Å². The van der Waals surface area contributed by atoms with Gasteiger partial charge in [0.15, 0.2) is 5.82 Å². The number of benzene rings is 1. The van der Waals surface area contributed by atoms with Crippen LogP contribution in [0.4, 0.5) is 5.82 Å². The molecule has 1 fully saturated rings. The van der Waals surface area contributed by atoms with E-state index in [1.165, 1.54) is 17.1 Å². The second-order valence-corrected chi connectivity index (χ2v) is 6.70. The molecule has 116 valence electrons. The predicted octanol–water partition coefficient (Wildman–Crippen LogP) is 2.52. The van der Waals surface area contributed by atoms with E-state index in [1.54, 1.807) is 6.07 Å². The SMILES string of the molecule is Cc1cc(NC(=O)c2ccc(CN3CCSCC3)cc2)n[nH]1. The van der Waals surface area contributed by atoms with Crippen molar-refractivity contribution >= 4 is 23.5 Å². The highest BCUT2D eigenvalue weighted by Crippen LogP contribution is 2.14. The van der Waals surface area contributed by atoms with Crippen molar-refractivity contribution in [3.8, 4) is 0 Å². The van der Waals surface area contributed by atoms with Crippen LogP contribution in [-0.2, 0) is 6.54 Å². The number of H-pyrrole nitrogens is 1. The van der Waals surface area contributed by atoms with E-state index in [9.17, 15) is 4.79 Å². The minimum Gasteiger partial charge on any atom is -0.305 e. The predicted molar refractivity (Wildman–Crippen MR) is 90.3 cm³/mol. The normalized spacial score (nSPS) is 15.7. The molecular weight excluding hydrogens is 296 g/mol. The zero-order valence-corrected chi connectivity index (χ0v) is 13.4. The molecule has 2 heterocycles. The number of thioether (sulfide) groups is 1. The first-order chi connectivity index (χ1) is 10.7. The molecule has 0 spiro atoms. The summed E-state index contributed by atoms with van der Waals surface area (Å²) < 4.78 is 0. The Morgan fingerprint density at radius 2 is 2.05 bits per heavy atom. The molecule has 0 aliphatic carbocycles. The van der Waals surface area contributed by atoms with Gasteiger partial charge in [0, 0.05) is 48.5 Å². The van der Waals surface area contributed by atoms with Crippen molar-refractivity contribution in [1.82, 2.24) is 15.1 Å². The maximum atomic E-state index is 12.1. The third-order valence-corrected chi connectivity index (χ3v) is 4.62. The standard InChI is InChI=1S/C16H20N4OS/c1-12-10-15(19-18-12)17-16(21)14-4-2-13(3-5-14)11-20-6-8-22-9-7-20/h2-5,10H,6-9,11H2,1H3,(H2,17,18,19,21). The van der Waals surface area contributed by atoms with Gasteiger partial charge in [-0.25, -0.2) is 0 Å². The summed E-state index contributed by atoms with van der Waals surface area (Å²) in [4.78, 5) is 14.6. The minimum absolute atomic E-state index is 0.132. The molecule has 1 aliphatic heterocycles. The van der Waals surface area contributed by atoms with E-state index in [0.29, 0.717) is 11.4 Å². The number of carbonyl (C=O) groups is 1. The molecule has 6 heteroatoms. The molecule has 2 N–H and O–H groups in total. The molecule has 1 aliphatic rings. The van der Waals surface area contributed by atoms with E-state index in [2.05, 4.69) is 20.4 Å². The van der Waals surface area contributed by atoms with Crippen molar-refractivity contribution in [3.63, 3.8) is 0 Å². The molecule has 0 bridgehead atoms. The van der Waals surface area contributed by atoms with Crippen molar-refractivity contribution in [1.29, 1.82) is 0 Å². The number of anilines is 1. The molecule has 0 saturated carbocycles. The molecule has 1 saturated heterocycles. The molecule has 0 unspecified atom stereocenters. The largest absolute Gasteiger partial charge is 0.305 e. The lowest BCUT2D eigenvalue weighted by Gasteiger charge is -2.26. The molecule has 22 heavy (non-hydrogen) atoms. The minimum atomic E-state index is -0.132. The Morgan fingerprint density at radius 1 is 1.32 bits per heavy atom. The Morgan fingerprint density at radius 3 is 2.68 bits per heavy atom. The van der Waals surface area contributed by atoms with Gasteiger partial charge in [0.1, 0.15) is 0 Å². The maximum Gasteiger partial charge on any atom is 0.256 e. The van der Waals surface area contributed by atoms with Gasteiger partial charge >= 0.3 is 0 Å². The van der Waals surface area contributed by atoms with Gasteiger partial charge in [-0.15, -0.1) is 0 Å². The second-order valence-electron chi connectivity index (χ2n) is 5.48. The fraction of sp³-hybridized carbons (Fsp3) is 0.375. The lowest BCUT2D eigenvalue weighted by Crippen LogP contribution is -2.31. The number of amides is 1. The molecule has 3 rings (SSSR count). The molecule has 0 atom stereocenters. The molecule has 0 radical (unpaired) electrons. The summed E-state index contributed by atoms with van der Waals surface area (Å²) in [5.74, 6) is 2.84. The lowest BCUT2D eigenvalue weighted by molar-refractivity contribution is 0.102. The maximum absolute atomic E-state index is 12.1. The van der Waals surface area contributed by atoms with E-state index in [4.69, 9.17) is 0 Å². The van der Waals surface area contributed by atoms with Gasteiger partial charge in [-0.1, -0.05) is 12.1 Å². The first-order valence-electron chi connectivity index (χ1n) is 7.43. The quantitative estimate of drug-likeness (QED) is 0.910. The zero-order valence-electron chi connectivity index (χ0n) is 12.6. The van der Waals surface area contributed by atoms with E-state index < -0.39 is 0 Å². The average Bonchev–Trinajstić information content (AvgIpc) is 2.94. The van der Waals surface area contributed by atoms with Crippen molar-refractivity contribution in [2.24, 2.45) is 0 Å².